The van der Waals surface area contributed by atoms with Crippen molar-refractivity contribution in [2.75, 3.05) is 0 Å². The van der Waals surface area contributed by atoms with Gasteiger partial charge in [0.1, 0.15) is 0 Å². The van der Waals surface area contributed by atoms with E-state index in [1.165, 1.54) is 5.56 Å². The Morgan fingerprint density at radius 3 is 2.50 bits per heavy atom. The second-order valence-electron chi connectivity index (χ2n) is 2.60. The van der Waals surface area contributed by atoms with Crippen molar-refractivity contribution in [2.45, 2.75) is 27.7 Å². The molecule has 0 aromatic carbocycles. The van der Waals surface area contributed by atoms with Gasteiger partial charge in [-0.2, -0.15) is 0 Å². The van der Waals surface area contributed by atoms with Gasteiger partial charge in [0.15, 0.2) is 0 Å². The van der Waals surface area contributed by atoms with Gasteiger partial charge < -0.3 is 0 Å². The summed E-state index contributed by atoms with van der Waals surface area (Å²) in [6, 6.07) is 1.99. The molecule has 1 rings (SSSR count). The number of allylic oxidation sites excluding steroid dienone is 1. The van der Waals surface area contributed by atoms with Gasteiger partial charge in [-0.05, 0) is 25.5 Å². The molecule has 0 saturated heterocycles. The summed E-state index contributed by atoms with van der Waals surface area (Å²) in [5.74, 6) is 0. The van der Waals surface area contributed by atoms with Crippen LogP contribution in [0.3, 0.4) is 0 Å². The largest absolute Gasteiger partial charge is 0.261 e. The van der Waals surface area contributed by atoms with Crippen molar-refractivity contribution < 1.29 is 0 Å². The predicted octanol–water partition coefficient (Wildman–Crippen LogP) is 4.09. The van der Waals surface area contributed by atoms with E-state index in [9.17, 15) is 0 Å². The molecule has 0 aliphatic heterocycles. The third kappa shape index (κ3) is 3.17. The Hall–Kier alpha value is -1.37. The lowest BCUT2D eigenvalue weighted by molar-refractivity contribution is 1.18. The minimum atomic E-state index is 1.03. The Labute approximate surface area is 87.2 Å². The lowest BCUT2D eigenvalue weighted by Crippen LogP contribution is -1.88. The molecule has 0 unspecified atom stereocenters. The van der Waals surface area contributed by atoms with Crippen LogP contribution in [0.25, 0.3) is 12.2 Å². The first-order valence-electron chi connectivity index (χ1n) is 5.00. The van der Waals surface area contributed by atoms with Gasteiger partial charge >= 0.3 is 0 Å². The summed E-state index contributed by atoms with van der Waals surface area (Å²) in [4.78, 5) is 4.19. The highest BCUT2D eigenvalue weighted by Gasteiger charge is 1.98. The average Bonchev–Trinajstić information content (AvgIpc) is 2.22. The van der Waals surface area contributed by atoms with Gasteiger partial charge in [-0.1, -0.05) is 38.7 Å². The smallest absolute Gasteiger partial charge is 0.0450 e. The Morgan fingerprint density at radius 2 is 2.00 bits per heavy atom. The summed E-state index contributed by atoms with van der Waals surface area (Å²) < 4.78 is 0. The Morgan fingerprint density at radius 1 is 1.36 bits per heavy atom. The van der Waals surface area contributed by atoms with Crippen molar-refractivity contribution in [2.24, 2.45) is 0 Å². The Balaban J connectivity index is 0.000000791. The van der Waals surface area contributed by atoms with E-state index < -0.39 is 0 Å². The SMILES string of the molecule is C=Cc1c(/C=C\C)ccnc1C.CC. The lowest BCUT2D eigenvalue weighted by atomic mass is 10.1. The molecule has 1 nitrogen and oxygen atoms in total. The van der Waals surface area contributed by atoms with Crippen molar-refractivity contribution in [3.63, 3.8) is 0 Å². The van der Waals surface area contributed by atoms with Crippen LogP contribution < -0.4 is 0 Å². The fraction of sp³-hybridized carbons (Fsp3) is 0.308. The van der Waals surface area contributed by atoms with Gasteiger partial charge in [0.05, 0.1) is 0 Å². The first-order chi connectivity index (χ1) is 6.79. The molecule has 0 N–H and O–H groups in total. The topological polar surface area (TPSA) is 12.9 Å². The second-order valence-corrected chi connectivity index (χ2v) is 2.60. The van der Waals surface area contributed by atoms with Crippen LogP contribution in [-0.4, -0.2) is 4.98 Å². The zero-order valence-electron chi connectivity index (χ0n) is 9.54. The number of aromatic nitrogens is 1. The van der Waals surface area contributed by atoms with Gasteiger partial charge in [-0.3, -0.25) is 4.98 Å². The van der Waals surface area contributed by atoms with E-state index in [-0.39, 0.29) is 0 Å². The van der Waals surface area contributed by atoms with E-state index in [0.29, 0.717) is 0 Å². The van der Waals surface area contributed by atoms with Crippen molar-refractivity contribution in [1.29, 1.82) is 0 Å². The molecule has 0 fully saturated rings. The highest BCUT2D eigenvalue weighted by molar-refractivity contribution is 5.65. The van der Waals surface area contributed by atoms with E-state index in [1.807, 2.05) is 52.1 Å². The molecule has 14 heavy (non-hydrogen) atoms. The van der Waals surface area contributed by atoms with E-state index in [0.717, 1.165) is 11.3 Å². The molecule has 1 aromatic rings. The summed E-state index contributed by atoms with van der Waals surface area (Å²) in [6.45, 7) is 11.8. The zero-order valence-corrected chi connectivity index (χ0v) is 9.54. The monoisotopic (exact) mass is 189 g/mol. The molecule has 76 valence electrons. The quantitative estimate of drug-likeness (QED) is 0.682. The summed E-state index contributed by atoms with van der Waals surface area (Å²) in [7, 11) is 0. The van der Waals surface area contributed by atoms with Crippen molar-refractivity contribution in [3.05, 3.63) is 41.7 Å². The highest BCUT2D eigenvalue weighted by Crippen LogP contribution is 2.14. The van der Waals surface area contributed by atoms with Gasteiger partial charge in [0, 0.05) is 17.5 Å². The summed E-state index contributed by atoms with van der Waals surface area (Å²) >= 11 is 0. The first kappa shape index (κ1) is 12.6. The Bertz CT molecular complexity index is 311. The van der Waals surface area contributed by atoms with Crippen LogP contribution in [0.1, 0.15) is 37.6 Å². The number of pyridine rings is 1. The van der Waals surface area contributed by atoms with E-state index >= 15 is 0 Å². The third-order valence-electron chi connectivity index (χ3n) is 1.77. The third-order valence-corrected chi connectivity index (χ3v) is 1.77. The van der Waals surface area contributed by atoms with Crippen LogP contribution >= 0.6 is 0 Å². The van der Waals surface area contributed by atoms with Crippen LogP contribution in [0.5, 0.6) is 0 Å². The van der Waals surface area contributed by atoms with Gasteiger partial charge in [0.2, 0.25) is 0 Å². The zero-order chi connectivity index (χ0) is 11.0. The van der Waals surface area contributed by atoms with Gasteiger partial charge in [0.25, 0.3) is 0 Å². The molecule has 0 aliphatic carbocycles. The highest BCUT2D eigenvalue weighted by atomic mass is 14.7. The van der Waals surface area contributed by atoms with Gasteiger partial charge in [-0.25, -0.2) is 0 Å². The van der Waals surface area contributed by atoms with Crippen LogP contribution in [-0.2, 0) is 0 Å². The van der Waals surface area contributed by atoms with Gasteiger partial charge in [-0.15, -0.1) is 0 Å². The van der Waals surface area contributed by atoms with Crippen molar-refractivity contribution in [1.82, 2.24) is 4.98 Å². The Kier molecular flexibility index (Phi) is 6.38. The normalized spacial score (nSPS) is 9.43. The minimum Gasteiger partial charge on any atom is -0.261 e. The molecule has 0 bridgehead atoms. The van der Waals surface area contributed by atoms with Crippen LogP contribution in [0.4, 0.5) is 0 Å². The summed E-state index contributed by atoms with van der Waals surface area (Å²) in [6.07, 6.45) is 7.74. The standard InChI is InChI=1S/C11H13N.C2H6/c1-4-6-10-7-8-12-9(3)11(10)5-2;1-2/h4-8H,2H2,1,3H3;1-2H3/b6-4-;. The molecular formula is C13H19N. The minimum absolute atomic E-state index is 1.03. The maximum atomic E-state index is 4.19. The number of hydrogen-bond donors (Lipinski definition) is 0. The first-order valence-corrected chi connectivity index (χ1v) is 5.00. The number of aryl methyl sites for hydroxylation is 1. The van der Waals surface area contributed by atoms with E-state index in [4.69, 9.17) is 0 Å². The molecule has 0 atom stereocenters. The fourth-order valence-corrected chi connectivity index (χ4v) is 1.19. The molecule has 0 amide bonds. The summed E-state index contributed by atoms with van der Waals surface area (Å²) in [5, 5.41) is 0. The van der Waals surface area contributed by atoms with Crippen LogP contribution in [0, 0.1) is 6.92 Å². The van der Waals surface area contributed by atoms with Crippen molar-refractivity contribution >= 4 is 12.2 Å². The molecule has 0 radical (unpaired) electrons. The molecule has 1 aromatic heterocycles. The van der Waals surface area contributed by atoms with Crippen LogP contribution in [0.15, 0.2) is 24.9 Å². The predicted molar refractivity (Wildman–Crippen MR) is 65.1 cm³/mol. The van der Waals surface area contributed by atoms with E-state index in [1.54, 1.807) is 0 Å². The molecule has 0 aliphatic rings. The fourth-order valence-electron chi connectivity index (χ4n) is 1.19. The second kappa shape index (κ2) is 7.07. The van der Waals surface area contributed by atoms with Crippen molar-refractivity contribution in [3.8, 4) is 0 Å². The number of hydrogen-bond acceptors (Lipinski definition) is 1. The maximum absolute atomic E-state index is 4.19. The molecule has 0 spiro atoms. The molecule has 1 heterocycles. The lowest BCUT2D eigenvalue weighted by Gasteiger charge is -2.02. The molecule has 0 saturated carbocycles. The van der Waals surface area contributed by atoms with E-state index in [2.05, 4.69) is 17.6 Å². The molecular weight excluding hydrogens is 170 g/mol. The number of rotatable bonds is 2. The molecule has 1 heteroatoms. The summed E-state index contributed by atoms with van der Waals surface area (Å²) in [5.41, 5.74) is 3.33. The number of nitrogens with zero attached hydrogens (tertiary/aromatic N) is 1. The average molecular weight is 189 g/mol. The maximum Gasteiger partial charge on any atom is 0.0450 e. The van der Waals surface area contributed by atoms with Crippen LogP contribution in [0.2, 0.25) is 0 Å².